The van der Waals surface area contributed by atoms with Gasteiger partial charge >= 0.3 is 0 Å². The van der Waals surface area contributed by atoms with E-state index in [2.05, 4.69) is 32.8 Å². The highest BCUT2D eigenvalue weighted by molar-refractivity contribution is 5.91. The molecular formula is C15H28Cl2N6O. The number of nitrogens with zero attached hydrogens (tertiary/aromatic N) is 4. The van der Waals surface area contributed by atoms with Crippen LogP contribution in [0.25, 0.3) is 0 Å². The van der Waals surface area contributed by atoms with Crippen LogP contribution >= 0.6 is 24.8 Å². The van der Waals surface area contributed by atoms with Crippen molar-refractivity contribution in [2.75, 3.05) is 32.7 Å². The molecule has 0 spiro atoms. The first kappa shape index (κ1) is 21.2. The topological polar surface area (TPSA) is 75.1 Å². The summed E-state index contributed by atoms with van der Waals surface area (Å²) in [6.45, 7) is 6.80. The molecule has 1 aromatic heterocycles. The normalized spacial score (nSPS) is 17.9. The highest BCUT2D eigenvalue weighted by atomic mass is 35.5. The van der Waals surface area contributed by atoms with Crippen LogP contribution < -0.4 is 10.6 Å². The number of carbonyl (C=O) groups is 1. The second-order valence-corrected chi connectivity index (χ2v) is 6.18. The average molecular weight is 379 g/mol. The molecule has 138 valence electrons. The molecule has 0 bridgehead atoms. The zero-order valence-electron chi connectivity index (χ0n) is 14.1. The lowest BCUT2D eigenvalue weighted by molar-refractivity contribution is 0.0943. The van der Waals surface area contributed by atoms with E-state index in [4.69, 9.17) is 0 Å². The standard InChI is InChI=1S/C15H26N6O.2ClH/c1-2-20(12-3-4-12)10-9-17-15(22)14-11-21(19-18-14)13-5-7-16-8-6-13;;/h11-13,16H,2-10H2,1H3,(H,17,22);2*1H. The zero-order valence-corrected chi connectivity index (χ0v) is 15.7. The summed E-state index contributed by atoms with van der Waals surface area (Å²) in [6, 6.07) is 1.10. The van der Waals surface area contributed by atoms with E-state index in [1.54, 1.807) is 6.20 Å². The van der Waals surface area contributed by atoms with Crippen molar-refractivity contribution < 1.29 is 4.79 Å². The van der Waals surface area contributed by atoms with Gasteiger partial charge in [0.15, 0.2) is 5.69 Å². The molecular weight excluding hydrogens is 351 g/mol. The first-order valence-electron chi connectivity index (χ1n) is 8.42. The molecule has 1 aliphatic carbocycles. The third kappa shape index (κ3) is 5.58. The van der Waals surface area contributed by atoms with Gasteiger partial charge in [0.05, 0.1) is 12.2 Å². The molecule has 24 heavy (non-hydrogen) atoms. The van der Waals surface area contributed by atoms with Crippen LogP contribution in [-0.2, 0) is 0 Å². The van der Waals surface area contributed by atoms with Crippen molar-refractivity contribution >= 4 is 30.7 Å². The Bertz CT molecular complexity index is 502. The minimum Gasteiger partial charge on any atom is -0.349 e. The van der Waals surface area contributed by atoms with Gasteiger partial charge in [0.2, 0.25) is 0 Å². The molecule has 0 aromatic carbocycles. The quantitative estimate of drug-likeness (QED) is 0.746. The Morgan fingerprint density at radius 2 is 2.04 bits per heavy atom. The summed E-state index contributed by atoms with van der Waals surface area (Å²) >= 11 is 0. The van der Waals surface area contributed by atoms with Gasteiger partial charge in [-0.2, -0.15) is 0 Å². The van der Waals surface area contributed by atoms with Crippen LogP contribution in [0.15, 0.2) is 6.20 Å². The van der Waals surface area contributed by atoms with Gasteiger partial charge in [-0.3, -0.25) is 9.69 Å². The van der Waals surface area contributed by atoms with Crippen LogP contribution in [0.3, 0.4) is 0 Å². The summed E-state index contributed by atoms with van der Waals surface area (Å²) in [5.41, 5.74) is 0.424. The smallest absolute Gasteiger partial charge is 0.273 e. The van der Waals surface area contributed by atoms with Crippen LogP contribution in [-0.4, -0.2) is 64.6 Å². The molecule has 1 aliphatic heterocycles. The van der Waals surface area contributed by atoms with Gasteiger partial charge in [0, 0.05) is 19.1 Å². The Kier molecular flexibility index (Phi) is 8.97. The summed E-state index contributed by atoms with van der Waals surface area (Å²) in [5.74, 6) is -0.118. The average Bonchev–Trinajstić information content (AvgIpc) is 3.27. The highest BCUT2D eigenvalue weighted by Gasteiger charge is 2.27. The third-order valence-corrected chi connectivity index (χ3v) is 4.58. The predicted octanol–water partition coefficient (Wildman–Crippen LogP) is 1.26. The number of amides is 1. The summed E-state index contributed by atoms with van der Waals surface area (Å²) in [4.78, 5) is 14.6. The van der Waals surface area contributed by atoms with E-state index in [9.17, 15) is 4.79 Å². The molecule has 2 heterocycles. The van der Waals surface area contributed by atoms with Gasteiger partial charge in [-0.15, -0.1) is 29.9 Å². The number of likely N-dealkylation sites (N-methyl/N-ethyl adjacent to an activating group) is 1. The molecule has 9 heteroatoms. The maximum atomic E-state index is 12.1. The van der Waals surface area contributed by atoms with Gasteiger partial charge in [-0.05, 0) is 45.3 Å². The van der Waals surface area contributed by atoms with Crippen molar-refractivity contribution in [2.24, 2.45) is 0 Å². The van der Waals surface area contributed by atoms with Gasteiger partial charge < -0.3 is 10.6 Å². The van der Waals surface area contributed by atoms with Crippen LogP contribution in [0.4, 0.5) is 0 Å². The SMILES string of the molecule is CCN(CCNC(=O)c1cn(C2CCNCC2)nn1)C1CC1.Cl.Cl. The Morgan fingerprint density at radius 1 is 1.33 bits per heavy atom. The second-order valence-electron chi connectivity index (χ2n) is 6.18. The fourth-order valence-corrected chi connectivity index (χ4v) is 3.07. The van der Waals surface area contributed by atoms with Crippen LogP contribution in [0, 0.1) is 0 Å². The summed E-state index contributed by atoms with van der Waals surface area (Å²) in [5, 5.41) is 14.4. The van der Waals surface area contributed by atoms with Crippen molar-refractivity contribution in [1.82, 2.24) is 30.5 Å². The van der Waals surface area contributed by atoms with Gasteiger partial charge in [-0.1, -0.05) is 12.1 Å². The maximum Gasteiger partial charge on any atom is 0.273 e. The molecule has 7 nitrogen and oxygen atoms in total. The molecule has 0 atom stereocenters. The van der Waals surface area contributed by atoms with Crippen LogP contribution in [0.5, 0.6) is 0 Å². The van der Waals surface area contributed by atoms with E-state index in [0.717, 1.165) is 45.1 Å². The fraction of sp³-hybridized carbons (Fsp3) is 0.800. The molecule has 3 rings (SSSR count). The van der Waals surface area contributed by atoms with Crippen molar-refractivity contribution in [2.45, 2.75) is 44.7 Å². The van der Waals surface area contributed by atoms with Crippen molar-refractivity contribution in [3.8, 4) is 0 Å². The molecule has 1 aromatic rings. The lowest BCUT2D eigenvalue weighted by atomic mass is 10.1. The third-order valence-electron chi connectivity index (χ3n) is 4.58. The van der Waals surface area contributed by atoms with Crippen molar-refractivity contribution in [3.63, 3.8) is 0 Å². The summed E-state index contributed by atoms with van der Waals surface area (Å²) < 4.78 is 1.85. The van der Waals surface area contributed by atoms with E-state index in [0.29, 0.717) is 18.3 Å². The number of hydrogen-bond acceptors (Lipinski definition) is 5. The zero-order chi connectivity index (χ0) is 15.4. The van der Waals surface area contributed by atoms with E-state index >= 15 is 0 Å². The number of hydrogen-bond donors (Lipinski definition) is 2. The van der Waals surface area contributed by atoms with E-state index < -0.39 is 0 Å². The number of aromatic nitrogens is 3. The highest BCUT2D eigenvalue weighted by Crippen LogP contribution is 2.25. The van der Waals surface area contributed by atoms with E-state index in [1.807, 2.05) is 4.68 Å². The predicted molar refractivity (Wildman–Crippen MR) is 98.3 cm³/mol. The van der Waals surface area contributed by atoms with Gasteiger partial charge in [0.1, 0.15) is 0 Å². The molecule has 1 saturated heterocycles. The Balaban J connectivity index is 0.00000144. The van der Waals surface area contributed by atoms with E-state index in [1.165, 1.54) is 12.8 Å². The molecule has 2 aliphatic rings. The maximum absolute atomic E-state index is 12.1. The van der Waals surface area contributed by atoms with Crippen LogP contribution in [0.1, 0.15) is 49.1 Å². The summed E-state index contributed by atoms with van der Waals surface area (Å²) in [6.07, 6.45) is 6.46. The number of halogens is 2. The van der Waals surface area contributed by atoms with Gasteiger partial charge in [-0.25, -0.2) is 4.68 Å². The first-order valence-corrected chi connectivity index (χ1v) is 8.42. The molecule has 1 saturated carbocycles. The van der Waals surface area contributed by atoms with Crippen molar-refractivity contribution in [3.05, 3.63) is 11.9 Å². The molecule has 2 fully saturated rings. The molecule has 0 unspecified atom stereocenters. The lowest BCUT2D eigenvalue weighted by Gasteiger charge is -2.22. The first-order chi connectivity index (χ1) is 10.8. The van der Waals surface area contributed by atoms with Gasteiger partial charge in [0.25, 0.3) is 5.91 Å². The minimum absolute atomic E-state index is 0. The van der Waals surface area contributed by atoms with Crippen LogP contribution in [0.2, 0.25) is 0 Å². The Morgan fingerprint density at radius 3 is 2.67 bits per heavy atom. The van der Waals surface area contributed by atoms with E-state index in [-0.39, 0.29) is 30.7 Å². The molecule has 1 amide bonds. The minimum atomic E-state index is -0.118. The Hall–Kier alpha value is -0.890. The van der Waals surface area contributed by atoms with Crippen molar-refractivity contribution in [1.29, 1.82) is 0 Å². The number of rotatable bonds is 7. The fourth-order valence-electron chi connectivity index (χ4n) is 3.07. The number of piperidine rings is 1. The Labute approximate surface area is 155 Å². The number of carbonyl (C=O) groups excluding carboxylic acids is 1. The lowest BCUT2D eigenvalue weighted by Crippen LogP contribution is -2.36. The summed E-state index contributed by atoms with van der Waals surface area (Å²) in [7, 11) is 0. The molecule has 0 radical (unpaired) electrons. The number of nitrogens with one attached hydrogen (secondary N) is 2. The second kappa shape index (κ2) is 10.2. The largest absolute Gasteiger partial charge is 0.349 e. The monoisotopic (exact) mass is 378 g/mol. The molecule has 2 N–H and O–H groups in total.